The molecule has 0 fully saturated rings. The Morgan fingerprint density at radius 1 is 1.29 bits per heavy atom. The van der Waals surface area contributed by atoms with Crippen LogP contribution in [0.5, 0.6) is 0 Å². The van der Waals surface area contributed by atoms with Crippen LogP contribution in [0.1, 0.15) is 36.5 Å². The average Bonchev–Trinajstić information content (AvgIpc) is 2.37. The number of rotatable bonds is 6. The van der Waals surface area contributed by atoms with Gasteiger partial charge in [0.15, 0.2) is 5.82 Å². The Morgan fingerprint density at radius 2 is 1.90 bits per heavy atom. The smallest absolute Gasteiger partial charge is 0.264 e. The summed E-state index contributed by atoms with van der Waals surface area (Å²) in [5.41, 5.74) is -0.907. The molecule has 0 saturated carbocycles. The maximum atomic E-state index is 14.1. The van der Waals surface area contributed by atoms with Crippen molar-refractivity contribution in [1.82, 2.24) is 4.90 Å². The second-order valence-electron chi connectivity index (χ2n) is 4.61. The molecule has 0 heterocycles. The van der Waals surface area contributed by atoms with Crippen molar-refractivity contribution in [2.45, 2.75) is 31.1 Å². The summed E-state index contributed by atoms with van der Waals surface area (Å²) < 4.78 is 50.2. The molecule has 0 N–H and O–H groups in total. The van der Waals surface area contributed by atoms with Gasteiger partial charge < -0.3 is 4.90 Å². The van der Waals surface area contributed by atoms with Gasteiger partial charge in [0.1, 0.15) is 16.3 Å². The number of halogens is 3. The Morgan fingerprint density at radius 3 is 2.43 bits per heavy atom. The summed E-state index contributed by atoms with van der Waals surface area (Å²) in [4.78, 5) is 12.3. The fraction of sp³-hybridized carbons (Fsp3) is 0.462. The van der Waals surface area contributed by atoms with Gasteiger partial charge in [-0.3, -0.25) is 4.79 Å². The van der Waals surface area contributed by atoms with Crippen LogP contribution in [0.4, 0.5) is 8.78 Å². The number of nitrogens with zero attached hydrogens (tertiary/aromatic N) is 1. The van der Waals surface area contributed by atoms with E-state index in [4.69, 9.17) is 10.7 Å². The van der Waals surface area contributed by atoms with Crippen molar-refractivity contribution in [2.75, 3.05) is 13.6 Å². The molecule has 0 spiro atoms. The van der Waals surface area contributed by atoms with Gasteiger partial charge >= 0.3 is 0 Å². The number of benzene rings is 1. The lowest BCUT2D eigenvalue weighted by Crippen LogP contribution is -2.29. The fourth-order valence-corrected chi connectivity index (χ4v) is 2.71. The summed E-state index contributed by atoms with van der Waals surface area (Å²) >= 11 is 0. The number of amides is 1. The molecule has 0 radical (unpaired) electrons. The zero-order valence-corrected chi connectivity index (χ0v) is 13.3. The van der Waals surface area contributed by atoms with Gasteiger partial charge in [0.05, 0.1) is 0 Å². The molecule has 118 valence electrons. The molecule has 1 aromatic carbocycles. The fourth-order valence-electron chi connectivity index (χ4n) is 1.81. The van der Waals surface area contributed by atoms with E-state index in [1.807, 2.05) is 6.92 Å². The number of carbonyl (C=O) groups excluding carboxylic acids is 1. The molecule has 1 amide bonds. The molecular formula is C13H16ClF2NO3S. The molecule has 0 saturated heterocycles. The molecule has 0 aromatic heterocycles. The number of carbonyl (C=O) groups is 1. The van der Waals surface area contributed by atoms with Crippen molar-refractivity contribution >= 4 is 25.6 Å². The largest absolute Gasteiger partial charge is 0.342 e. The van der Waals surface area contributed by atoms with Gasteiger partial charge in [-0.05, 0) is 18.6 Å². The average molecular weight is 340 g/mol. The zero-order chi connectivity index (χ0) is 16.2. The third-order valence-corrected chi connectivity index (χ3v) is 4.32. The molecule has 1 rings (SSSR count). The molecule has 0 aliphatic rings. The molecule has 0 aliphatic heterocycles. The summed E-state index contributed by atoms with van der Waals surface area (Å²) in [5.74, 6) is -3.50. The summed E-state index contributed by atoms with van der Waals surface area (Å²) in [6, 6.07) is 1.41. The molecule has 4 nitrogen and oxygen atoms in total. The van der Waals surface area contributed by atoms with Crippen molar-refractivity contribution in [1.29, 1.82) is 0 Å². The Kier molecular flexibility index (Phi) is 6.10. The molecular weight excluding hydrogens is 324 g/mol. The van der Waals surface area contributed by atoms with Crippen LogP contribution in [0.2, 0.25) is 0 Å². The minimum Gasteiger partial charge on any atom is -0.342 e. The van der Waals surface area contributed by atoms with E-state index in [0.29, 0.717) is 25.1 Å². The van der Waals surface area contributed by atoms with Gasteiger partial charge in [-0.15, -0.1) is 0 Å². The Labute approximate surface area is 127 Å². The lowest BCUT2D eigenvalue weighted by atomic mass is 10.1. The van der Waals surface area contributed by atoms with Crippen LogP contribution < -0.4 is 0 Å². The quantitative estimate of drug-likeness (QED) is 0.591. The predicted octanol–water partition coefficient (Wildman–Crippen LogP) is 3.15. The monoisotopic (exact) mass is 339 g/mol. The molecule has 1 aromatic rings. The topological polar surface area (TPSA) is 54.5 Å². The van der Waals surface area contributed by atoms with Crippen molar-refractivity contribution in [3.63, 3.8) is 0 Å². The minimum absolute atomic E-state index is 0.323. The third-order valence-electron chi connectivity index (χ3n) is 2.98. The summed E-state index contributed by atoms with van der Waals surface area (Å²) in [6.45, 7) is 2.30. The highest BCUT2D eigenvalue weighted by molar-refractivity contribution is 8.13. The van der Waals surface area contributed by atoms with Gasteiger partial charge in [-0.25, -0.2) is 17.2 Å². The van der Waals surface area contributed by atoms with Crippen LogP contribution in [0.25, 0.3) is 0 Å². The highest BCUT2D eigenvalue weighted by atomic mass is 35.7. The van der Waals surface area contributed by atoms with E-state index in [0.717, 1.165) is 17.7 Å². The predicted molar refractivity (Wildman–Crippen MR) is 75.9 cm³/mol. The molecule has 0 atom stereocenters. The Hall–Kier alpha value is -1.21. The molecule has 0 bridgehead atoms. The summed E-state index contributed by atoms with van der Waals surface area (Å²) in [7, 11) is 2.07. The van der Waals surface area contributed by atoms with Gasteiger partial charge in [0.25, 0.3) is 15.0 Å². The van der Waals surface area contributed by atoms with E-state index in [2.05, 4.69) is 0 Å². The van der Waals surface area contributed by atoms with Gasteiger partial charge in [0.2, 0.25) is 0 Å². The van der Waals surface area contributed by atoms with Crippen LogP contribution in [-0.4, -0.2) is 32.8 Å². The van der Waals surface area contributed by atoms with Gasteiger partial charge in [-0.1, -0.05) is 19.8 Å². The maximum absolute atomic E-state index is 14.1. The van der Waals surface area contributed by atoms with Gasteiger partial charge in [-0.2, -0.15) is 0 Å². The van der Waals surface area contributed by atoms with Gasteiger partial charge in [0, 0.05) is 24.3 Å². The van der Waals surface area contributed by atoms with Crippen LogP contribution >= 0.6 is 10.7 Å². The van der Waals surface area contributed by atoms with Crippen LogP contribution in [0, 0.1) is 11.6 Å². The molecule has 21 heavy (non-hydrogen) atoms. The van der Waals surface area contributed by atoms with E-state index in [1.54, 1.807) is 0 Å². The first-order chi connectivity index (χ1) is 9.70. The van der Waals surface area contributed by atoms with Crippen molar-refractivity contribution in [3.8, 4) is 0 Å². The molecule has 0 unspecified atom stereocenters. The molecule has 0 aliphatic carbocycles. The first-order valence-corrected chi connectivity index (χ1v) is 8.69. The Balaban J connectivity index is 3.15. The van der Waals surface area contributed by atoms with Crippen LogP contribution in [0.15, 0.2) is 17.0 Å². The van der Waals surface area contributed by atoms with E-state index < -0.39 is 37.1 Å². The number of unbranched alkanes of at least 4 members (excludes halogenated alkanes) is 2. The minimum atomic E-state index is -4.39. The Bertz CT molecular complexity index is 635. The zero-order valence-electron chi connectivity index (χ0n) is 11.7. The van der Waals surface area contributed by atoms with E-state index in [1.165, 1.54) is 7.05 Å². The first-order valence-electron chi connectivity index (χ1n) is 6.38. The highest BCUT2D eigenvalue weighted by Gasteiger charge is 2.27. The standard InChI is InChI=1S/C13H16ClF2NO3S/c1-3-4-5-8-17(2)13(18)11-9(15)6-7-10(12(11)16)21(14,19)20/h6-7H,3-5,8H2,1-2H3. The van der Waals surface area contributed by atoms with Crippen molar-refractivity contribution in [2.24, 2.45) is 0 Å². The lowest BCUT2D eigenvalue weighted by Gasteiger charge is -2.18. The number of hydrogen-bond acceptors (Lipinski definition) is 3. The van der Waals surface area contributed by atoms with Crippen molar-refractivity contribution < 1.29 is 22.0 Å². The second-order valence-corrected chi connectivity index (χ2v) is 7.14. The van der Waals surface area contributed by atoms with E-state index >= 15 is 0 Å². The van der Waals surface area contributed by atoms with E-state index in [-0.39, 0.29) is 0 Å². The molecule has 8 heteroatoms. The maximum Gasteiger partial charge on any atom is 0.264 e. The van der Waals surface area contributed by atoms with E-state index in [9.17, 15) is 22.0 Å². The SMILES string of the molecule is CCCCCN(C)C(=O)c1c(F)ccc(S(=O)(=O)Cl)c1F. The lowest BCUT2D eigenvalue weighted by molar-refractivity contribution is 0.0782. The van der Waals surface area contributed by atoms with Crippen molar-refractivity contribution in [3.05, 3.63) is 29.3 Å². The van der Waals surface area contributed by atoms with Crippen LogP contribution in [0.3, 0.4) is 0 Å². The second kappa shape index (κ2) is 7.17. The summed E-state index contributed by atoms with van der Waals surface area (Å²) in [6.07, 6.45) is 2.50. The summed E-state index contributed by atoms with van der Waals surface area (Å²) in [5, 5.41) is 0. The highest BCUT2D eigenvalue weighted by Crippen LogP contribution is 2.24. The normalized spacial score (nSPS) is 11.5. The number of hydrogen-bond donors (Lipinski definition) is 0. The van der Waals surface area contributed by atoms with Crippen LogP contribution in [-0.2, 0) is 9.05 Å². The third kappa shape index (κ3) is 4.38. The first kappa shape index (κ1) is 17.8.